The molecule has 0 radical (unpaired) electrons. The summed E-state index contributed by atoms with van der Waals surface area (Å²) < 4.78 is 15.5. The van der Waals surface area contributed by atoms with Crippen molar-refractivity contribution in [2.24, 2.45) is 0 Å². The number of methoxy groups -OCH3 is 1. The largest absolute Gasteiger partial charge is 0.496 e. The molecule has 0 aliphatic heterocycles. The first-order valence-corrected chi connectivity index (χ1v) is 6.55. The maximum atomic E-state index is 12.2. The molecule has 0 saturated carbocycles. The predicted octanol–water partition coefficient (Wildman–Crippen LogP) is 2.15. The first kappa shape index (κ1) is 14.8. The van der Waals surface area contributed by atoms with E-state index in [0.29, 0.717) is 22.3 Å². The summed E-state index contributed by atoms with van der Waals surface area (Å²) in [6.07, 6.45) is 0. The predicted molar refractivity (Wildman–Crippen MR) is 78.9 cm³/mol. The molecule has 2 aromatic carbocycles. The highest BCUT2D eigenvalue weighted by Gasteiger charge is 2.11. The molecule has 21 heavy (non-hydrogen) atoms. The van der Waals surface area contributed by atoms with Crippen molar-refractivity contribution >= 4 is 16.7 Å². The number of esters is 1. The van der Waals surface area contributed by atoms with Crippen LogP contribution in [-0.4, -0.2) is 26.3 Å². The lowest BCUT2D eigenvalue weighted by Gasteiger charge is -2.09. The summed E-state index contributed by atoms with van der Waals surface area (Å²) in [5.74, 6) is 0.427. The molecule has 0 bridgehead atoms. The molecule has 5 nitrogen and oxygen atoms in total. The van der Waals surface area contributed by atoms with Gasteiger partial charge in [-0.25, -0.2) is 4.79 Å². The lowest BCUT2D eigenvalue weighted by atomic mass is 10.1. The average molecular weight is 288 g/mol. The second-order valence-corrected chi connectivity index (χ2v) is 4.23. The van der Waals surface area contributed by atoms with E-state index in [1.165, 1.54) is 13.2 Å². The van der Waals surface area contributed by atoms with Crippen LogP contribution in [0.3, 0.4) is 0 Å². The highest BCUT2D eigenvalue weighted by molar-refractivity contribution is 5.92. The van der Waals surface area contributed by atoms with Crippen LogP contribution in [0.4, 0.5) is 0 Å². The molecule has 0 amide bonds. The number of hydrogen-bond acceptors (Lipinski definition) is 5. The maximum absolute atomic E-state index is 12.2. The van der Waals surface area contributed by atoms with E-state index in [2.05, 4.69) is 0 Å². The van der Waals surface area contributed by atoms with Gasteiger partial charge in [-0.15, -0.1) is 0 Å². The summed E-state index contributed by atoms with van der Waals surface area (Å²) in [5, 5.41) is 1.01. The standard InChI is InChI=1S/C16H16O5/c1-3-20-15(18)10-21-14-9-8-13(19-2)11-6-4-5-7-12(17)16(11)14/h4-9H,3,10H2,1-2H3. The van der Waals surface area contributed by atoms with Crippen LogP contribution in [0.15, 0.2) is 41.2 Å². The minimum absolute atomic E-state index is 0.201. The van der Waals surface area contributed by atoms with Crippen LogP contribution < -0.4 is 14.9 Å². The molecule has 0 saturated heterocycles. The van der Waals surface area contributed by atoms with Gasteiger partial charge in [0.25, 0.3) is 0 Å². The van der Waals surface area contributed by atoms with Gasteiger partial charge in [0.15, 0.2) is 12.0 Å². The Kier molecular flexibility index (Phi) is 4.77. The Morgan fingerprint density at radius 1 is 1.10 bits per heavy atom. The smallest absolute Gasteiger partial charge is 0.344 e. The lowest BCUT2D eigenvalue weighted by Crippen LogP contribution is -2.15. The van der Waals surface area contributed by atoms with E-state index in [0.717, 1.165) is 0 Å². The van der Waals surface area contributed by atoms with Crippen molar-refractivity contribution in [1.29, 1.82) is 0 Å². The Morgan fingerprint density at radius 3 is 2.52 bits per heavy atom. The summed E-state index contributed by atoms with van der Waals surface area (Å²) in [4.78, 5) is 23.6. The van der Waals surface area contributed by atoms with Gasteiger partial charge >= 0.3 is 5.97 Å². The molecule has 0 atom stereocenters. The fourth-order valence-corrected chi connectivity index (χ4v) is 2.02. The number of benzene rings is 1. The fourth-order valence-electron chi connectivity index (χ4n) is 2.02. The van der Waals surface area contributed by atoms with Crippen molar-refractivity contribution in [3.05, 3.63) is 46.6 Å². The molecule has 2 rings (SSSR count). The number of rotatable bonds is 5. The summed E-state index contributed by atoms with van der Waals surface area (Å²) >= 11 is 0. The first-order valence-electron chi connectivity index (χ1n) is 6.55. The molecule has 0 fully saturated rings. The van der Waals surface area contributed by atoms with E-state index < -0.39 is 5.97 Å². The van der Waals surface area contributed by atoms with Gasteiger partial charge in [-0.05, 0) is 25.1 Å². The number of fused-ring (bicyclic) bond motifs is 1. The van der Waals surface area contributed by atoms with Crippen LogP contribution >= 0.6 is 0 Å². The van der Waals surface area contributed by atoms with Gasteiger partial charge in [0.05, 0.1) is 19.1 Å². The Labute approximate surface area is 122 Å². The van der Waals surface area contributed by atoms with Crippen molar-refractivity contribution < 1.29 is 19.0 Å². The van der Waals surface area contributed by atoms with E-state index >= 15 is 0 Å². The summed E-state index contributed by atoms with van der Waals surface area (Å²) in [7, 11) is 1.53. The minimum Gasteiger partial charge on any atom is -0.496 e. The third-order valence-corrected chi connectivity index (χ3v) is 2.91. The quantitative estimate of drug-likeness (QED) is 0.789. The van der Waals surface area contributed by atoms with Gasteiger partial charge in [0.1, 0.15) is 11.5 Å². The molecule has 0 aliphatic carbocycles. The zero-order valence-electron chi connectivity index (χ0n) is 11.9. The van der Waals surface area contributed by atoms with Gasteiger partial charge in [-0.2, -0.15) is 0 Å². The van der Waals surface area contributed by atoms with E-state index in [4.69, 9.17) is 14.2 Å². The van der Waals surface area contributed by atoms with Gasteiger partial charge < -0.3 is 14.2 Å². The monoisotopic (exact) mass is 288 g/mol. The number of carbonyl (C=O) groups is 1. The number of ether oxygens (including phenoxy) is 3. The van der Waals surface area contributed by atoms with Crippen molar-refractivity contribution in [2.75, 3.05) is 20.3 Å². The minimum atomic E-state index is -0.478. The van der Waals surface area contributed by atoms with E-state index in [1.807, 2.05) is 0 Å². The van der Waals surface area contributed by atoms with E-state index in [1.54, 1.807) is 37.3 Å². The highest BCUT2D eigenvalue weighted by atomic mass is 16.6. The third-order valence-electron chi connectivity index (χ3n) is 2.91. The summed E-state index contributed by atoms with van der Waals surface area (Å²) in [6, 6.07) is 9.92. The van der Waals surface area contributed by atoms with Crippen molar-refractivity contribution in [3.8, 4) is 11.5 Å². The van der Waals surface area contributed by atoms with E-state index in [-0.39, 0.29) is 18.6 Å². The molecule has 0 heterocycles. The Bertz CT molecular complexity index is 709. The van der Waals surface area contributed by atoms with Crippen molar-refractivity contribution in [3.63, 3.8) is 0 Å². The molecule has 0 N–H and O–H groups in total. The second kappa shape index (κ2) is 6.74. The molecule has 110 valence electrons. The van der Waals surface area contributed by atoms with Gasteiger partial charge in [0.2, 0.25) is 0 Å². The molecule has 5 heteroatoms. The van der Waals surface area contributed by atoms with Crippen molar-refractivity contribution in [2.45, 2.75) is 6.92 Å². The summed E-state index contributed by atoms with van der Waals surface area (Å²) in [5.41, 5.74) is -0.201. The van der Waals surface area contributed by atoms with Crippen LogP contribution in [0, 0.1) is 0 Å². The Hall–Kier alpha value is -2.56. The maximum Gasteiger partial charge on any atom is 0.344 e. The van der Waals surface area contributed by atoms with Crippen molar-refractivity contribution in [1.82, 2.24) is 0 Å². The molecule has 0 aliphatic rings. The van der Waals surface area contributed by atoms with Crippen LogP contribution in [0.1, 0.15) is 6.92 Å². The van der Waals surface area contributed by atoms with E-state index in [9.17, 15) is 9.59 Å². The van der Waals surface area contributed by atoms with Crippen LogP contribution in [0.25, 0.3) is 10.8 Å². The van der Waals surface area contributed by atoms with Gasteiger partial charge in [-0.3, -0.25) is 4.79 Å². The zero-order valence-corrected chi connectivity index (χ0v) is 11.9. The Morgan fingerprint density at radius 2 is 1.81 bits per heavy atom. The lowest BCUT2D eigenvalue weighted by molar-refractivity contribution is -0.145. The summed E-state index contributed by atoms with van der Waals surface area (Å²) in [6.45, 7) is 1.76. The highest BCUT2D eigenvalue weighted by Crippen LogP contribution is 2.30. The topological polar surface area (TPSA) is 61.8 Å². The van der Waals surface area contributed by atoms with Gasteiger partial charge in [0, 0.05) is 5.39 Å². The first-order chi connectivity index (χ1) is 10.2. The SMILES string of the molecule is CCOC(=O)COc1ccc(OC)c2ccccc(=O)c12. The third kappa shape index (κ3) is 3.31. The normalized spacial score (nSPS) is 10.2. The van der Waals surface area contributed by atoms with Crippen LogP contribution in [-0.2, 0) is 9.53 Å². The molecular weight excluding hydrogens is 272 g/mol. The average Bonchev–Trinajstić information content (AvgIpc) is 2.68. The fraction of sp³-hybridized carbons (Fsp3) is 0.250. The molecular formula is C16H16O5. The number of carbonyl (C=O) groups excluding carboxylic acids is 1. The second-order valence-electron chi connectivity index (χ2n) is 4.23. The Balaban J connectivity index is 2.48. The number of hydrogen-bond donors (Lipinski definition) is 0. The van der Waals surface area contributed by atoms with Crippen LogP contribution in [0.5, 0.6) is 11.5 Å². The molecule has 2 aromatic rings. The van der Waals surface area contributed by atoms with Crippen LogP contribution in [0.2, 0.25) is 0 Å². The van der Waals surface area contributed by atoms with Gasteiger partial charge in [-0.1, -0.05) is 18.2 Å². The zero-order chi connectivity index (χ0) is 15.2. The molecule has 0 aromatic heterocycles. The molecule has 0 unspecified atom stereocenters. The molecule has 0 spiro atoms.